The van der Waals surface area contributed by atoms with Gasteiger partial charge in [-0.2, -0.15) is 0 Å². The maximum atomic E-state index is 12.1. The predicted octanol–water partition coefficient (Wildman–Crippen LogP) is 2.57. The Morgan fingerprint density at radius 2 is 2.05 bits per heavy atom. The van der Waals surface area contributed by atoms with Crippen LogP contribution in [0.5, 0.6) is 0 Å². The third-order valence-electron chi connectivity index (χ3n) is 3.29. The van der Waals surface area contributed by atoms with Gasteiger partial charge in [0.2, 0.25) is 5.91 Å². The van der Waals surface area contributed by atoms with E-state index in [0.717, 1.165) is 15.7 Å². The first kappa shape index (κ1) is 15.4. The van der Waals surface area contributed by atoms with E-state index in [1.165, 1.54) is 10.9 Å². The Morgan fingerprint density at radius 1 is 1.33 bits per heavy atom. The molecule has 2 aromatic rings. The van der Waals surface area contributed by atoms with Gasteiger partial charge in [-0.1, -0.05) is 15.9 Å². The van der Waals surface area contributed by atoms with Gasteiger partial charge in [0.05, 0.1) is 6.33 Å². The fourth-order valence-electron chi connectivity index (χ4n) is 1.90. The summed E-state index contributed by atoms with van der Waals surface area (Å²) in [5.41, 5.74) is 2.73. The number of carbonyl (C=O) groups excluding carboxylic acids is 1. The number of halogens is 1. The highest BCUT2D eigenvalue weighted by molar-refractivity contribution is 9.10. The Bertz CT molecular complexity index is 753. The molecule has 0 aliphatic rings. The Kier molecular flexibility index (Phi) is 4.57. The first-order valence-electron chi connectivity index (χ1n) is 6.47. The van der Waals surface area contributed by atoms with Gasteiger partial charge in [-0.3, -0.25) is 14.2 Å². The molecule has 2 rings (SSSR count). The van der Waals surface area contributed by atoms with Gasteiger partial charge in [0.1, 0.15) is 6.54 Å². The summed E-state index contributed by atoms with van der Waals surface area (Å²) in [6, 6.07) is 5.59. The van der Waals surface area contributed by atoms with E-state index in [1.54, 1.807) is 13.8 Å². The Labute approximate surface area is 131 Å². The smallest absolute Gasteiger partial charge is 0.256 e. The highest BCUT2D eigenvalue weighted by Gasteiger charge is 2.09. The molecule has 0 aliphatic carbocycles. The molecule has 1 amide bonds. The Morgan fingerprint density at radius 3 is 2.71 bits per heavy atom. The zero-order valence-corrected chi connectivity index (χ0v) is 13.7. The van der Waals surface area contributed by atoms with Crippen LogP contribution in [0.3, 0.4) is 0 Å². The van der Waals surface area contributed by atoms with Gasteiger partial charge in [0.15, 0.2) is 0 Å². The molecule has 0 saturated heterocycles. The van der Waals surface area contributed by atoms with E-state index in [2.05, 4.69) is 26.2 Å². The van der Waals surface area contributed by atoms with E-state index < -0.39 is 0 Å². The van der Waals surface area contributed by atoms with E-state index in [0.29, 0.717) is 11.3 Å². The van der Waals surface area contributed by atoms with Crippen molar-refractivity contribution in [3.8, 4) is 0 Å². The van der Waals surface area contributed by atoms with E-state index in [4.69, 9.17) is 0 Å². The first-order chi connectivity index (χ1) is 9.88. The number of amides is 1. The van der Waals surface area contributed by atoms with Gasteiger partial charge in [0.25, 0.3) is 5.56 Å². The summed E-state index contributed by atoms with van der Waals surface area (Å²) in [5.74, 6) is -0.257. The lowest BCUT2D eigenvalue weighted by Crippen LogP contribution is -2.29. The molecule has 1 aromatic heterocycles. The van der Waals surface area contributed by atoms with E-state index in [-0.39, 0.29) is 18.0 Å². The van der Waals surface area contributed by atoms with Crippen LogP contribution >= 0.6 is 15.9 Å². The monoisotopic (exact) mass is 349 g/mol. The van der Waals surface area contributed by atoms with Crippen LogP contribution in [0, 0.1) is 20.8 Å². The van der Waals surface area contributed by atoms with Crippen molar-refractivity contribution in [1.82, 2.24) is 9.55 Å². The zero-order valence-electron chi connectivity index (χ0n) is 12.1. The van der Waals surface area contributed by atoms with Crippen LogP contribution < -0.4 is 10.9 Å². The van der Waals surface area contributed by atoms with Crippen molar-refractivity contribution in [2.24, 2.45) is 0 Å². The average molecular weight is 350 g/mol. The third-order valence-corrected chi connectivity index (χ3v) is 3.78. The topological polar surface area (TPSA) is 64.0 Å². The van der Waals surface area contributed by atoms with Crippen LogP contribution in [-0.4, -0.2) is 15.5 Å². The molecular formula is C15H16BrN3O2. The molecule has 1 heterocycles. The average Bonchev–Trinajstić information content (AvgIpc) is 2.43. The molecule has 21 heavy (non-hydrogen) atoms. The fraction of sp³-hybridized carbons (Fsp3) is 0.267. The lowest BCUT2D eigenvalue weighted by molar-refractivity contribution is -0.116. The van der Waals surface area contributed by atoms with Gasteiger partial charge in [-0.15, -0.1) is 0 Å². The number of aromatic nitrogens is 2. The number of hydrogen-bond acceptors (Lipinski definition) is 3. The largest absolute Gasteiger partial charge is 0.324 e. The van der Waals surface area contributed by atoms with E-state index >= 15 is 0 Å². The van der Waals surface area contributed by atoms with Crippen LogP contribution in [0.1, 0.15) is 16.8 Å². The van der Waals surface area contributed by atoms with Crippen LogP contribution in [0.25, 0.3) is 0 Å². The van der Waals surface area contributed by atoms with Crippen LogP contribution in [-0.2, 0) is 11.3 Å². The molecule has 0 atom stereocenters. The summed E-state index contributed by atoms with van der Waals surface area (Å²) in [7, 11) is 0. The lowest BCUT2D eigenvalue weighted by atomic mass is 10.2. The van der Waals surface area contributed by atoms with Gasteiger partial charge < -0.3 is 5.32 Å². The number of nitrogens with zero attached hydrogens (tertiary/aromatic N) is 2. The minimum Gasteiger partial charge on any atom is -0.324 e. The van der Waals surface area contributed by atoms with Crippen molar-refractivity contribution in [3.05, 3.63) is 56.2 Å². The van der Waals surface area contributed by atoms with Crippen molar-refractivity contribution in [1.29, 1.82) is 0 Å². The van der Waals surface area contributed by atoms with Crippen molar-refractivity contribution < 1.29 is 4.79 Å². The predicted molar refractivity (Wildman–Crippen MR) is 85.5 cm³/mol. The molecule has 1 aromatic carbocycles. The van der Waals surface area contributed by atoms with Gasteiger partial charge in [-0.25, -0.2) is 4.98 Å². The first-order valence-corrected chi connectivity index (χ1v) is 7.26. The quantitative estimate of drug-likeness (QED) is 0.925. The van der Waals surface area contributed by atoms with Crippen molar-refractivity contribution in [2.45, 2.75) is 27.3 Å². The summed E-state index contributed by atoms with van der Waals surface area (Å²) in [6.45, 7) is 5.33. The molecule has 0 bridgehead atoms. The number of benzene rings is 1. The molecule has 0 aliphatic heterocycles. The van der Waals surface area contributed by atoms with Crippen molar-refractivity contribution >= 4 is 27.5 Å². The molecule has 6 heteroatoms. The Hall–Kier alpha value is -1.95. The lowest BCUT2D eigenvalue weighted by Gasteiger charge is -2.10. The van der Waals surface area contributed by atoms with Crippen LogP contribution in [0.4, 0.5) is 5.69 Å². The number of carbonyl (C=O) groups is 1. The molecular weight excluding hydrogens is 334 g/mol. The summed E-state index contributed by atoms with van der Waals surface area (Å²) in [6.07, 6.45) is 1.40. The molecule has 1 N–H and O–H groups in total. The number of hydrogen-bond donors (Lipinski definition) is 1. The van der Waals surface area contributed by atoms with Gasteiger partial charge >= 0.3 is 0 Å². The number of anilines is 1. The summed E-state index contributed by atoms with van der Waals surface area (Å²) < 4.78 is 2.26. The van der Waals surface area contributed by atoms with E-state index in [1.807, 2.05) is 25.1 Å². The highest BCUT2D eigenvalue weighted by Crippen LogP contribution is 2.19. The van der Waals surface area contributed by atoms with Crippen molar-refractivity contribution in [2.75, 3.05) is 5.32 Å². The standard InChI is InChI=1S/C15H16BrN3O2/c1-9-6-12(16)4-5-13(9)18-14(20)7-19-8-17-11(3)10(2)15(19)21/h4-6,8H,7H2,1-3H3,(H,18,20). The molecule has 5 nitrogen and oxygen atoms in total. The SMILES string of the molecule is Cc1cc(Br)ccc1NC(=O)Cn1cnc(C)c(C)c1=O. The zero-order chi connectivity index (χ0) is 15.6. The third kappa shape index (κ3) is 3.58. The fourth-order valence-corrected chi connectivity index (χ4v) is 2.38. The van der Waals surface area contributed by atoms with Gasteiger partial charge in [-0.05, 0) is 44.5 Å². The molecule has 0 radical (unpaired) electrons. The maximum absolute atomic E-state index is 12.1. The summed E-state index contributed by atoms with van der Waals surface area (Å²) >= 11 is 3.37. The second-order valence-electron chi connectivity index (χ2n) is 4.90. The molecule has 0 saturated carbocycles. The number of aryl methyl sites for hydroxylation is 2. The second-order valence-corrected chi connectivity index (χ2v) is 5.81. The summed E-state index contributed by atoms with van der Waals surface area (Å²) in [4.78, 5) is 28.2. The number of rotatable bonds is 3. The molecule has 0 spiro atoms. The maximum Gasteiger partial charge on any atom is 0.256 e. The van der Waals surface area contributed by atoms with Crippen molar-refractivity contribution in [3.63, 3.8) is 0 Å². The minimum absolute atomic E-state index is 0.0531. The second kappa shape index (κ2) is 6.22. The number of nitrogens with one attached hydrogen (secondary N) is 1. The van der Waals surface area contributed by atoms with Crippen LogP contribution in [0.2, 0.25) is 0 Å². The Balaban J connectivity index is 2.16. The van der Waals surface area contributed by atoms with Gasteiger partial charge in [0, 0.05) is 21.4 Å². The highest BCUT2D eigenvalue weighted by atomic mass is 79.9. The molecule has 0 fully saturated rings. The van der Waals surface area contributed by atoms with E-state index in [9.17, 15) is 9.59 Å². The molecule has 0 unspecified atom stereocenters. The molecule has 110 valence electrons. The summed E-state index contributed by atoms with van der Waals surface area (Å²) in [5, 5.41) is 2.80. The van der Waals surface area contributed by atoms with Crippen LogP contribution in [0.15, 0.2) is 33.8 Å². The minimum atomic E-state index is -0.257. The normalized spacial score (nSPS) is 10.5.